The van der Waals surface area contributed by atoms with Crippen molar-refractivity contribution in [2.24, 2.45) is 10.2 Å². The van der Waals surface area contributed by atoms with E-state index in [1.54, 1.807) is 32.0 Å². The van der Waals surface area contributed by atoms with Crippen LogP contribution in [0.5, 0.6) is 0 Å². The molecular weight excluding hydrogens is 292 g/mol. The molecule has 0 aliphatic carbocycles. The number of carbonyl (C=O) groups is 1. The number of para-hydroxylation sites is 1. The predicted octanol–water partition coefficient (Wildman–Crippen LogP) is 2.42. The third-order valence-electron chi connectivity index (χ3n) is 2.71. The SMILES string of the molecule is CC(C)=N/N=C1\SCC(=O)N1Cc1ccccc1[N+](=O)[O-]. The number of hydrogen-bond acceptors (Lipinski definition) is 6. The molecule has 1 amide bonds. The molecule has 7 nitrogen and oxygen atoms in total. The Morgan fingerprint density at radius 1 is 1.43 bits per heavy atom. The van der Waals surface area contributed by atoms with Gasteiger partial charge in [-0.25, -0.2) is 0 Å². The molecule has 0 unspecified atom stereocenters. The van der Waals surface area contributed by atoms with Crippen molar-refractivity contribution in [3.63, 3.8) is 0 Å². The van der Waals surface area contributed by atoms with Crippen LogP contribution in [0.2, 0.25) is 0 Å². The Morgan fingerprint density at radius 3 is 2.81 bits per heavy atom. The van der Waals surface area contributed by atoms with Crippen LogP contribution < -0.4 is 0 Å². The minimum Gasteiger partial charge on any atom is -0.284 e. The lowest BCUT2D eigenvalue weighted by Gasteiger charge is -2.15. The molecule has 1 saturated heterocycles. The summed E-state index contributed by atoms with van der Waals surface area (Å²) in [5, 5.41) is 19.5. The van der Waals surface area contributed by atoms with E-state index >= 15 is 0 Å². The van der Waals surface area contributed by atoms with E-state index in [4.69, 9.17) is 0 Å². The Balaban J connectivity index is 2.28. The van der Waals surface area contributed by atoms with Crippen LogP contribution in [0.1, 0.15) is 19.4 Å². The third-order valence-corrected chi connectivity index (χ3v) is 3.66. The average molecular weight is 306 g/mol. The number of thioether (sulfide) groups is 1. The number of carbonyl (C=O) groups excluding carboxylic acids is 1. The van der Waals surface area contributed by atoms with Gasteiger partial charge in [-0.1, -0.05) is 30.0 Å². The summed E-state index contributed by atoms with van der Waals surface area (Å²) in [6.07, 6.45) is 0. The lowest BCUT2D eigenvalue weighted by atomic mass is 10.1. The highest BCUT2D eigenvalue weighted by Gasteiger charge is 2.30. The van der Waals surface area contributed by atoms with Gasteiger partial charge in [0.2, 0.25) is 5.91 Å². The van der Waals surface area contributed by atoms with Gasteiger partial charge < -0.3 is 0 Å². The summed E-state index contributed by atoms with van der Waals surface area (Å²) in [5.41, 5.74) is 1.24. The van der Waals surface area contributed by atoms with E-state index in [-0.39, 0.29) is 23.9 Å². The molecule has 1 aliphatic rings. The van der Waals surface area contributed by atoms with Gasteiger partial charge in [-0.3, -0.25) is 19.8 Å². The standard InChI is InChI=1S/C13H14N4O3S/c1-9(2)14-15-13-16(12(18)8-21-13)7-10-5-3-4-6-11(10)17(19)20/h3-6H,7-8H2,1-2H3/b15-13-. The van der Waals surface area contributed by atoms with Crippen molar-refractivity contribution in [2.45, 2.75) is 20.4 Å². The van der Waals surface area contributed by atoms with Crippen LogP contribution in [0.4, 0.5) is 5.69 Å². The van der Waals surface area contributed by atoms with Crippen LogP contribution >= 0.6 is 11.8 Å². The molecule has 0 radical (unpaired) electrons. The molecule has 21 heavy (non-hydrogen) atoms. The fourth-order valence-electron chi connectivity index (χ4n) is 1.76. The Hall–Kier alpha value is -2.22. The van der Waals surface area contributed by atoms with Crippen LogP contribution in [0, 0.1) is 10.1 Å². The zero-order valence-corrected chi connectivity index (χ0v) is 12.5. The second-order valence-corrected chi connectivity index (χ2v) is 5.53. The number of hydrogen-bond donors (Lipinski definition) is 0. The highest BCUT2D eigenvalue weighted by molar-refractivity contribution is 8.15. The maximum Gasteiger partial charge on any atom is 0.274 e. The molecule has 0 aromatic heterocycles. The summed E-state index contributed by atoms with van der Waals surface area (Å²) in [6, 6.07) is 6.37. The summed E-state index contributed by atoms with van der Waals surface area (Å²) in [7, 11) is 0. The van der Waals surface area contributed by atoms with Crippen molar-refractivity contribution < 1.29 is 9.72 Å². The first kappa shape index (κ1) is 15.2. The Bertz CT molecular complexity index is 638. The van der Waals surface area contributed by atoms with E-state index in [0.29, 0.717) is 10.7 Å². The zero-order valence-electron chi connectivity index (χ0n) is 11.6. The summed E-state index contributed by atoms with van der Waals surface area (Å²) in [6.45, 7) is 3.73. The van der Waals surface area contributed by atoms with Gasteiger partial charge in [-0.15, -0.1) is 5.10 Å². The lowest BCUT2D eigenvalue weighted by Crippen LogP contribution is -2.29. The first-order valence-corrected chi connectivity index (χ1v) is 7.22. The molecule has 1 fully saturated rings. The van der Waals surface area contributed by atoms with Crippen molar-refractivity contribution in [3.05, 3.63) is 39.9 Å². The van der Waals surface area contributed by atoms with Crippen LogP contribution in [-0.4, -0.2) is 32.4 Å². The Morgan fingerprint density at radius 2 is 2.14 bits per heavy atom. The third kappa shape index (κ3) is 3.66. The van der Waals surface area contributed by atoms with Crippen molar-refractivity contribution in [1.29, 1.82) is 0 Å². The number of amides is 1. The highest BCUT2D eigenvalue weighted by Crippen LogP contribution is 2.25. The van der Waals surface area contributed by atoms with Crippen LogP contribution in [-0.2, 0) is 11.3 Å². The molecular formula is C13H14N4O3S. The average Bonchev–Trinajstić information content (AvgIpc) is 2.78. The molecule has 0 spiro atoms. The number of rotatable bonds is 4. The van der Waals surface area contributed by atoms with E-state index in [9.17, 15) is 14.9 Å². The van der Waals surface area contributed by atoms with Gasteiger partial charge in [0, 0.05) is 17.3 Å². The Kier molecular flexibility index (Phi) is 4.69. The molecule has 110 valence electrons. The monoisotopic (exact) mass is 306 g/mol. The van der Waals surface area contributed by atoms with E-state index < -0.39 is 4.92 Å². The van der Waals surface area contributed by atoms with Gasteiger partial charge in [-0.05, 0) is 13.8 Å². The molecule has 0 bridgehead atoms. The van der Waals surface area contributed by atoms with Crippen molar-refractivity contribution in [1.82, 2.24) is 4.90 Å². The largest absolute Gasteiger partial charge is 0.284 e. The van der Waals surface area contributed by atoms with Gasteiger partial charge in [-0.2, -0.15) is 5.10 Å². The fraction of sp³-hybridized carbons (Fsp3) is 0.308. The van der Waals surface area contributed by atoms with Gasteiger partial charge in [0.05, 0.1) is 17.2 Å². The number of amidine groups is 1. The molecule has 0 atom stereocenters. The van der Waals surface area contributed by atoms with Crippen LogP contribution in [0.25, 0.3) is 0 Å². The smallest absolute Gasteiger partial charge is 0.274 e. The number of nitrogens with zero attached hydrogens (tertiary/aromatic N) is 4. The Labute approximate surface area is 125 Å². The second-order valence-electron chi connectivity index (χ2n) is 4.58. The molecule has 0 N–H and O–H groups in total. The summed E-state index contributed by atoms with van der Waals surface area (Å²) in [4.78, 5) is 23.9. The van der Waals surface area contributed by atoms with Crippen LogP contribution in [0.15, 0.2) is 34.5 Å². The minimum absolute atomic E-state index is 0.00303. The van der Waals surface area contributed by atoms with E-state index in [1.807, 2.05) is 0 Å². The molecule has 1 aliphatic heterocycles. The molecule has 0 saturated carbocycles. The van der Waals surface area contributed by atoms with Gasteiger partial charge in [0.1, 0.15) is 0 Å². The van der Waals surface area contributed by atoms with Crippen molar-refractivity contribution >= 4 is 34.2 Å². The van der Waals surface area contributed by atoms with Crippen LogP contribution in [0.3, 0.4) is 0 Å². The zero-order chi connectivity index (χ0) is 15.4. The van der Waals surface area contributed by atoms with Crippen molar-refractivity contribution in [3.8, 4) is 0 Å². The van der Waals surface area contributed by atoms with E-state index in [1.165, 1.54) is 22.7 Å². The highest BCUT2D eigenvalue weighted by atomic mass is 32.2. The second kappa shape index (κ2) is 6.49. The molecule has 1 aromatic carbocycles. The topological polar surface area (TPSA) is 88.2 Å². The van der Waals surface area contributed by atoms with Gasteiger partial charge in [0.15, 0.2) is 5.17 Å². The lowest BCUT2D eigenvalue weighted by molar-refractivity contribution is -0.385. The van der Waals surface area contributed by atoms with E-state index in [2.05, 4.69) is 10.2 Å². The predicted molar refractivity (Wildman–Crippen MR) is 82.3 cm³/mol. The first-order chi connectivity index (χ1) is 9.99. The van der Waals surface area contributed by atoms with Gasteiger partial charge >= 0.3 is 0 Å². The molecule has 8 heteroatoms. The van der Waals surface area contributed by atoms with E-state index in [0.717, 1.165) is 5.71 Å². The molecule has 1 aromatic rings. The summed E-state index contributed by atoms with van der Waals surface area (Å²) >= 11 is 1.28. The summed E-state index contributed by atoms with van der Waals surface area (Å²) in [5.74, 6) is 0.151. The summed E-state index contributed by atoms with van der Waals surface area (Å²) < 4.78 is 0. The quantitative estimate of drug-likeness (QED) is 0.485. The van der Waals surface area contributed by atoms with Crippen molar-refractivity contribution in [2.75, 3.05) is 5.75 Å². The first-order valence-electron chi connectivity index (χ1n) is 6.23. The van der Waals surface area contributed by atoms with Gasteiger partial charge in [0.25, 0.3) is 5.69 Å². The fourth-order valence-corrected chi connectivity index (χ4v) is 2.59. The maximum absolute atomic E-state index is 11.9. The minimum atomic E-state index is -0.450. The number of benzene rings is 1. The maximum atomic E-state index is 11.9. The molecule has 2 rings (SSSR count). The number of nitro groups is 1. The normalized spacial score (nSPS) is 16.4. The molecule has 1 heterocycles. The number of nitro benzene ring substituents is 1.